The number of halogens is 1. The molecule has 1 aliphatic rings. The third kappa shape index (κ3) is 4.71. The van der Waals surface area contributed by atoms with Gasteiger partial charge in [-0.2, -0.15) is 0 Å². The van der Waals surface area contributed by atoms with E-state index in [1.54, 1.807) is 4.90 Å². The molecule has 1 saturated heterocycles. The Morgan fingerprint density at radius 3 is 2.81 bits per heavy atom. The van der Waals surface area contributed by atoms with E-state index in [9.17, 15) is 9.59 Å². The van der Waals surface area contributed by atoms with Crippen LogP contribution >= 0.6 is 11.6 Å². The molecule has 27 heavy (non-hydrogen) atoms. The molecule has 142 valence electrons. The molecule has 2 aromatic rings. The molecule has 2 aromatic carbocycles. The van der Waals surface area contributed by atoms with Gasteiger partial charge in [0, 0.05) is 17.8 Å². The van der Waals surface area contributed by atoms with Crippen LogP contribution in [0.3, 0.4) is 0 Å². The van der Waals surface area contributed by atoms with Gasteiger partial charge in [-0.25, -0.2) is 4.79 Å². The number of hydrogen-bond donors (Lipinski definition) is 1. The van der Waals surface area contributed by atoms with Crippen LogP contribution in [0, 0.1) is 6.92 Å². The zero-order valence-electron chi connectivity index (χ0n) is 15.2. The third-order valence-electron chi connectivity index (χ3n) is 4.32. The van der Waals surface area contributed by atoms with Gasteiger partial charge in [-0.15, -0.1) is 0 Å². The largest absolute Gasteiger partial charge is 0.489 e. The highest BCUT2D eigenvalue weighted by atomic mass is 35.5. The first-order valence-corrected chi connectivity index (χ1v) is 9.00. The van der Waals surface area contributed by atoms with Crippen LogP contribution in [0.1, 0.15) is 17.5 Å². The fourth-order valence-electron chi connectivity index (χ4n) is 2.96. The van der Waals surface area contributed by atoms with Gasteiger partial charge >= 0.3 is 6.09 Å². The van der Waals surface area contributed by atoms with Crippen LogP contribution in [0.4, 0.5) is 10.5 Å². The van der Waals surface area contributed by atoms with Crippen LogP contribution in [0.2, 0.25) is 5.02 Å². The minimum absolute atomic E-state index is 0.0732. The minimum atomic E-state index is -0.532. The SMILES string of the molecule is CNC(=O)OC1CC(=O)N(c2ccc(OCc3cccc(Cl)c3)c(C)c2)C1. The summed E-state index contributed by atoms with van der Waals surface area (Å²) < 4.78 is 11.1. The maximum atomic E-state index is 12.3. The number of anilines is 1. The number of benzene rings is 2. The molecule has 0 saturated carbocycles. The molecule has 6 nitrogen and oxygen atoms in total. The van der Waals surface area contributed by atoms with Crippen LogP contribution < -0.4 is 15.0 Å². The number of hydrogen-bond acceptors (Lipinski definition) is 4. The molecule has 1 atom stereocenters. The van der Waals surface area contributed by atoms with Crippen molar-refractivity contribution in [1.29, 1.82) is 0 Å². The van der Waals surface area contributed by atoms with Gasteiger partial charge in [-0.1, -0.05) is 23.7 Å². The van der Waals surface area contributed by atoms with E-state index < -0.39 is 12.2 Å². The molecule has 0 spiro atoms. The fourth-order valence-corrected chi connectivity index (χ4v) is 3.18. The van der Waals surface area contributed by atoms with E-state index >= 15 is 0 Å². The molecule has 2 amide bonds. The Morgan fingerprint density at radius 2 is 2.11 bits per heavy atom. The Labute approximate surface area is 163 Å². The third-order valence-corrected chi connectivity index (χ3v) is 4.56. The molecule has 1 unspecified atom stereocenters. The standard InChI is InChI=1S/C20H21ClN2O4/c1-13-8-16(23-11-17(10-19(23)24)27-20(25)22-2)6-7-18(13)26-12-14-4-3-5-15(21)9-14/h3-9,17H,10-12H2,1-2H3,(H,22,25). The highest BCUT2D eigenvalue weighted by molar-refractivity contribution is 6.30. The van der Waals surface area contributed by atoms with Gasteiger partial charge in [-0.3, -0.25) is 4.79 Å². The van der Waals surface area contributed by atoms with Crippen LogP contribution in [0.15, 0.2) is 42.5 Å². The summed E-state index contributed by atoms with van der Waals surface area (Å²) in [4.78, 5) is 25.2. The number of ether oxygens (including phenoxy) is 2. The molecule has 3 rings (SSSR count). The summed E-state index contributed by atoms with van der Waals surface area (Å²) in [7, 11) is 1.49. The number of rotatable bonds is 5. The lowest BCUT2D eigenvalue weighted by molar-refractivity contribution is -0.117. The second-order valence-corrected chi connectivity index (χ2v) is 6.79. The van der Waals surface area contributed by atoms with Crippen molar-refractivity contribution in [3.05, 3.63) is 58.6 Å². The number of nitrogens with one attached hydrogen (secondary N) is 1. The summed E-state index contributed by atoms with van der Waals surface area (Å²) in [5.74, 6) is 0.666. The number of alkyl carbamates (subject to hydrolysis) is 1. The maximum Gasteiger partial charge on any atom is 0.407 e. The number of aryl methyl sites for hydroxylation is 1. The lowest BCUT2D eigenvalue weighted by Gasteiger charge is -2.18. The van der Waals surface area contributed by atoms with Crippen molar-refractivity contribution in [2.45, 2.75) is 26.1 Å². The van der Waals surface area contributed by atoms with Crippen LogP contribution in [-0.2, 0) is 16.1 Å². The number of nitrogens with zero attached hydrogens (tertiary/aromatic N) is 1. The van der Waals surface area contributed by atoms with E-state index in [2.05, 4.69) is 5.32 Å². The summed E-state index contributed by atoms with van der Waals surface area (Å²) in [5, 5.41) is 3.06. The molecule has 1 aliphatic heterocycles. The molecular weight excluding hydrogens is 368 g/mol. The number of amides is 2. The van der Waals surface area contributed by atoms with Gasteiger partial charge in [0.05, 0.1) is 13.0 Å². The summed E-state index contributed by atoms with van der Waals surface area (Å²) in [6.45, 7) is 2.68. The minimum Gasteiger partial charge on any atom is -0.489 e. The predicted molar refractivity (Wildman–Crippen MR) is 103 cm³/mol. The monoisotopic (exact) mass is 388 g/mol. The van der Waals surface area contributed by atoms with E-state index in [1.807, 2.05) is 49.4 Å². The van der Waals surface area contributed by atoms with Gasteiger partial charge in [0.1, 0.15) is 18.5 Å². The second kappa shape index (κ2) is 8.31. The molecule has 0 bridgehead atoms. The molecule has 1 fully saturated rings. The molecule has 0 aromatic heterocycles. The molecule has 7 heteroatoms. The van der Waals surface area contributed by atoms with E-state index in [1.165, 1.54) is 7.05 Å². The molecule has 1 heterocycles. The van der Waals surface area contributed by atoms with Crippen molar-refractivity contribution in [1.82, 2.24) is 5.32 Å². The Morgan fingerprint density at radius 1 is 1.30 bits per heavy atom. The van der Waals surface area contributed by atoms with E-state index in [0.29, 0.717) is 18.2 Å². The quantitative estimate of drug-likeness (QED) is 0.848. The lowest BCUT2D eigenvalue weighted by atomic mass is 10.2. The normalized spacial score (nSPS) is 16.3. The topological polar surface area (TPSA) is 67.9 Å². The Balaban J connectivity index is 1.65. The zero-order chi connectivity index (χ0) is 19.4. The highest BCUT2D eigenvalue weighted by Crippen LogP contribution is 2.29. The molecular formula is C20H21ClN2O4. The summed E-state index contributed by atoms with van der Waals surface area (Å²) in [6, 6.07) is 13.1. The van der Waals surface area contributed by atoms with Crippen molar-refractivity contribution >= 4 is 29.3 Å². The fraction of sp³-hybridized carbons (Fsp3) is 0.300. The van der Waals surface area contributed by atoms with Gasteiger partial charge < -0.3 is 19.7 Å². The van der Waals surface area contributed by atoms with Crippen molar-refractivity contribution in [3.63, 3.8) is 0 Å². The smallest absolute Gasteiger partial charge is 0.407 e. The summed E-state index contributed by atoms with van der Waals surface area (Å²) >= 11 is 5.99. The van der Waals surface area contributed by atoms with Gasteiger partial charge in [0.2, 0.25) is 5.91 Å². The highest BCUT2D eigenvalue weighted by Gasteiger charge is 2.33. The van der Waals surface area contributed by atoms with E-state index in [0.717, 1.165) is 22.6 Å². The maximum absolute atomic E-state index is 12.3. The molecule has 0 radical (unpaired) electrons. The average molecular weight is 389 g/mol. The summed E-state index contributed by atoms with van der Waals surface area (Å²) in [5.41, 5.74) is 2.66. The van der Waals surface area contributed by atoms with Crippen LogP contribution in [-0.4, -0.2) is 31.7 Å². The van der Waals surface area contributed by atoms with E-state index in [-0.39, 0.29) is 12.3 Å². The lowest BCUT2D eigenvalue weighted by Crippen LogP contribution is -2.29. The second-order valence-electron chi connectivity index (χ2n) is 6.35. The first kappa shape index (κ1) is 19.0. The Hall–Kier alpha value is -2.73. The van der Waals surface area contributed by atoms with E-state index in [4.69, 9.17) is 21.1 Å². The van der Waals surface area contributed by atoms with Gasteiger partial charge in [0.15, 0.2) is 0 Å². The van der Waals surface area contributed by atoms with Crippen molar-refractivity contribution in [3.8, 4) is 5.75 Å². The van der Waals surface area contributed by atoms with Crippen molar-refractivity contribution in [2.75, 3.05) is 18.5 Å². The average Bonchev–Trinajstić information content (AvgIpc) is 3.00. The van der Waals surface area contributed by atoms with Gasteiger partial charge in [-0.05, 0) is 48.4 Å². The first-order chi connectivity index (χ1) is 13.0. The number of carbonyl (C=O) groups is 2. The van der Waals surface area contributed by atoms with Crippen molar-refractivity contribution in [2.24, 2.45) is 0 Å². The van der Waals surface area contributed by atoms with Crippen molar-refractivity contribution < 1.29 is 19.1 Å². The van der Waals surface area contributed by atoms with Gasteiger partial charge in [0.25, 0.3) is 0 Å². The van der Waals surface area contributed by atoms with Crippen LogP contribution in [0.5, 0.6) is 5.75 Å². The predicted octanol–water partition coefficient (Wildman–Crippen LogP) is 3.69. The Kier molecular flexibility index (Phi) is 5.86. The first-order valence-electron chi connectivity index (χ1n) is 8.63. The molecule has 1 N–H and O–H groups in total. The Bertz CT molecular complexity index is 856. The number of carbonyl (C=O) groups excluding carboxylic acids is 2. The zero-order valence-corrected chi connectivity index (χ0v) is 16.0. The molecule has 0 aliphatic carbocycles. The summed E-state index contributed by atoms with van der Waals surface area (Å²) in [6.07, 6.45) is -0.799. The van der Waals surface area contributed by atoms with Crippen LogP contribution in [0.25, 0.3) is 0 Å².